The molecule has 0 spiro atoms. The lowest BCUT2D eigenvalue weighted by atomic mass is 10.1. The summed E-state index contributed by atoms with van der Waals surface area (Å²) in [5, 5.41) is 0. The average Bonchev–Trinajstić information content (AvgIpc) is 2.96. The summed E-state index contributed by atoms with van der Waals surface area (Å²) >= 11 is 0. The molecule has 4 nitrogen and oxygen atoms in total. The van der Waals surface area contributed by atoms with E-state index >= 15 is 0 Å². The first-order valence-electron chi connectivity index (χ1n) is 7.12. The molecule has 1 saturated heterocycles. The highest BCUT2D eigenvalue weighted by atomic mass is 15.2. The Morgan fingerprint density at radius 1 is 1.42 bits per heavy atom. The number of rotatable bonds is 3. The number of likely N-dealkylation sites (tertiary alicyclic amines) is 1. The molecular formula is C15H22N4. The Labute approximate surface area is 114 Å². The van der Waals surface area contributed by atoms with Crippen LogP contribution in [-0.2, 0) is 6.54 Å². The second kappa shape index (κ2) is 4.85. The van der Waals surface area contributed by atoms with Gasteiger partial charge in [0.25, 0.3) is 0 Å². The highest BCUT2D eigenvalue weighted by Crippen LogP contribution is 2.25. The molecule has 1 aliphatic rings. The van der Waals surface area contributed by atoms with Gasteiger partial charge in [-0.05, 0) is 44.0 Å². The van der Waals surface area contributed by atoms with E-state index in [1.165, 1.54) is 30.6 Å². The number of hydrogen-bond acceptors (Lipinski definition) is 3. The standard InChI is InChI=1S/C15H22N4/c1-3-18-8-7-12(9-18)10-19-14-11(2)5-4-6-13(14)17-15(19)16/h4-6,12H,3,7-10H2,1-2H3,(H2,16,17). The van der Waals surface area contributed by atoms with Crippen LogP contribution in [0, 0.1) is 12.8 Å². The first-order chi connectivity index (χ1) is 9.19. The van der Waals surface area contributed by atoms with Gasteiger partial charge in [0.1, 0.15) is 0 Å². The van der Waals surface area contributed by atoms with E-state index in [1.54, 1.807) is 0 Å². The van der Waals surface area contributed by atoms with Crippen molar-refractivity contribution in [3.63, 3.8) is 0 Å². The van der Waals surface area contributed by atoms with Crippen LogP contribution in [0.4, 0.5) is 5.95 Å². The Morgan fingerprint density at radius 2 is 2.26 bits per heavy atom. The second-order valence-electron chi connectivity index (χ2n) is 5.57. The zero-order valence-electron chi connectivity index (χ0n) is 11.8. The molecule has 19 heavy (non-hydrogen) atoms. The van der Waals surface area contributed by atoms with Crippen molar-refractivity contribution in [1.29, 1.82) is 0 Å². The van der Waals surface area contributed by atoms with Gasteiger partial charge in [0, 0.05) is 13.1 Å². The van der Waals surface area contributed by atoms with Crippen molar-refractivity contribution in [1.82, 2.24) is 14.5 Å². The molecule has 102 valence electrons. The Morgan fingerprint density at radius 3 is 3.00 bits per heavy atom. The van der Waals surface area contributed by atoms with Crippen LogP contribution in [0.2, 0.25) is 0 Å². The van der Waals surface area contributed by atoms with Crippen molar-refractivity contribution in [2.45, 2.75) is 26.8 Å². The zero-order valence-corrected chi connectivity index (χ0v) is 11.8. The van der Waals surface area contributed by atoms with Gasteiger partial charge in [-0.25, -0.2) is 4.98 Å². The predicted octanol–water partition coefficient (Wildman–Crippen LogP) is 2.27. The minimum Gasteiger partial charge on any atom is -0.369 e. The molecule has 2 heterocycles. The van der Waals surface area contributed by atoms with Crippen molar-refractivity contribution in [2.75, 3.05) is 25.4 Å². The monoisotopic (exact) mass is 258 g/mol. The summed E-state index contributed by atoms with van der Waals surface area (Å²) in [4.78, 5) is 6.99. The van der Waals surface area contributed by atoms with Gasteiger partial charge in [0.2, 0.25) is 5.95 Å². The molecule has 3 rings (SSSR count). The van der Waals surface area contributed by atoms with E-state index < -0.39 is 0 Å². The number of hydrogen-bond donors (Lipinski definition) is 1. The van der Waals surface area contributed by atoms with E-state index in [0.717, 1.165) is 18.6 Å². The van der Waals surface area contributed by atoms with E-state index in [9.17, 15) is 0 Å². The van der Waals surface area contributed by atoms with E-state index in [2.05, 4.69) is 34.4 Å². The fraction of sp³-hybridized carbons (Fsp3) is 0.533. The lowest BCUT2D eigenvalue weighted by molar-refractivity contribution is 0.334. The largest absolute Gasteiger partial charge is 0.369 e. The maximum Gasteiger partial charge on any atom is 0.201 e. The third-order valence-electron chi connectivity index (χ3n) is 4.26. The number of nitrogens with zero attached hydrogens (tertiary/aromatic N) is 3. The van der Waals surface area contributed by atoms with E-state index in [-0.39, 0.29) is 0 Å². The lowest BCUT2D eigenvalue weighted by Crippen LogP contribution is -2.21. The average molecular weight is 258 g/mol. The molecule has 1 aliphatic heterocycles. The molecule has 1 aromatic heterocycles. The molecule has 1 fully saturated rings. The van der Waals surface area contributed by atoms with E-state index in [1.807, 2.05) is 12.1 Å². The van der Waals surface area contributed by atoms with Crippen LogP contribution in [0.3, 0.4) is 0 Å². The van der Waals surface area contributed by atoms with Crippen LogP contribution in [0.15, 0.2) is 18.2 Å². The minimum absolute atomic E-state index is 0.652. The molecule has 0 aliphatic carbocycles. The molecule has 1 unspecified atom stereocenters. The number of benzene rings is 1. The van der Waals surface area contributed by atoms with Gasteiger partial charge < -0.3 is 15.2 Å². The molecule has 1 atom stereocenters. The number of nitrogens with two attached hydrogens (primary N) is 1. The number of fused-ring (bicyclic) bond motifs is 1. The lowest BCUT2D eigenvalue weighted by Gasteiger charge is -2.15. The van der Waals surface area contributed by atoms with Crippen molar-refractivity contribution < 1.29 is 0 Å². The minimum atomic E-state index is 0.652. The predicted molar refractivity (Wildman–Crippen MR) is 79.1 cm³/mol. The Bertz CT molecular complexity index is 587. The van der Waals surface area contributed by atoms with Gasteiger partial charge in [-0.3, -0.25) is 0 Å². The Kier molecular flexibility index (Phi) is 3.19. The van der Waals surface area contributed by atoms with Crippen LogP contribution >= 0.6 is 0 Å². The number of para-hydroxylation sites is 1. The maximum absolute atomic E-state index is 6.11. The van der Waals surface area contributed by atoms with Crippen molar-refractivity contribution >= 4 is 17.0 Å². The molecule has 0 amide bonds. The molecule has 1 aromatic carbocycles. The quantitative estimate of drug-likeness (QED) is 0.918. The van der Waals surface area contributed by atoms with E-state index in [4.69, 9.17) is 5.73 Å². The van der Waals surface area contributed by atoms with Gasteiger partial charge in [-0.15, -0.1) is 0 Å². The SMILES string of the molecule is CCN1CCC(Cn2c(N)nc3cccc(C)c32)C1. The second-order valence-corrected chi connectivity index (χ2v) is 5.57. The number of nitrogen functional groups attached to an aromatic ring is 1. The molecule has 4 heteroatoms. The molecular weight excluding hydrogens is 236 g/mol. The molecule has 2 aromatic rings. The molecule has 0 saturated carbocycles. The number of imidazole rings is 1. The van der Waals surface area contributed by atoms with Crippen LogP contribution in [-0.4, -0.2) is 34.1 Å². The summed E-state index contributed by atoms with van der Waals surface area (Å²) in [5.41, 5.74) is 9.58. The van der Waals surface area contributed by atoms with Gasteiger partial charge in [-0.2, -0.15) is 0 Å². The zero-order chi connectivity index (χ0) is 13.4. The number of aromatic nitrogens is 2. The van der Waals surface area contributed by atoms with Crippen molar-refractivity contribution in [2.24, 2.45) is 5.92 Å². The molecule has 0 radical (unpaired) electrons. The third-order valence-corrected chi connectivity index (χ3v) is 4.26. The summed E-state index contributed by atoms with van der Waals surface area (Å²) in [7, 11) is 0. The smallest absolute Gasteiger partial charge is 0.201 e. The van der Waals surface area contributed by atoms with Crippen molar-refractivity contribution in [3.05, 3.63) is 23.8 Å². The fourth-order valence-corrected chi connectivity index (χ4v) is 3.18. The number of anilines is 1. The van der Waals surface area contributed by atoms with Crippen molar-refractivity contribution in [3.8, 4) is 0 Å². The van der Waals surface area contributed by atoms with E-state index in [0.29, 0.717) is 11.9 Å². The summed E-state index contributed by atoms with van der Waals surface area (Å²) < 4.78 is 2.20. The van der Waals surface area contributed by atoms with Gasteiger partial charge >= 0.3 is 0 Å². The van der Waals surface area contributed by atoms with Gasteiger partial charge in [0.15, 0.2) is 0 Å². The fourth-order valence-electron chi connectivity index (χ4n) is 3.18. The summed E-state index contributed by atoms with van der Waals surface area (Å²) in [5.74, 6) is 1.35. The van der Waals surface area contributed by atoms with Crippen LogP contribution in [0.5, 0.6) is 0 Å². The summed E-state index contributed by atoms with van der Waals surface area (Å²) in [6.07, 6.45) is 1.26. The van der Waals surface area contributed by atoms with Crippen LogP contribution < -0.4 is 5.73 Å². The molecule has 0 bridgehead atoms. The van der Waals surface area contributed by atoms with Crippen LogP contribution in [0.1, 0.15) is 18.9 Å². The maximum atomic E-state index is 6.11. The van der Waals surface area contributed by atoms with Gasteiger partial charge in [0.05, 0.1) is 11.0 Å². The topological polar surface area (TPSA) is 47.1 Å². The Balaban J connectivity index is 1.91. The highest BCUT2D eigenvalue weighted by molar-refractivity contribution is 5.81. The number of aryl methyl sites for hydroxylation is 1. The summed E-state index contributed by atoms with van der Waals surface area (Å²) in [6.45, 7) is 8.90. The third kappa shape index (κ3) is 2.21. The summed E-state index contributed by atoms with van der Waals surface area (Å²) in [6, 6.07) is 6.22. The Hall–Kier alpha value is -1.55. The molecule has 2 N–H and O–H groups in total. The first kappa shape index (κ1) is 12.5. The first-order valence-corrected chi connectivity index (χ1v) is 7.12. The van der Waals surface area contributed by atoms with Gasteiger partial charge in [-0.1, -0.05) is 19.1 Å². The highest BCUT2D eigenvalue weighted by Gasteiger charge is 2.23. The van der Waals surface area contributed by atoms with Crippen LogP contribution in [0.25, 0.3) is 11.0 Å². The normalized spacial score (nSPS) is 20.4.